The molecule has 8 heteroatoms. The maximum absolute atomic E-state index is 12.0. The van der Waals surface area contributed by atoms with Crippen molar-refractivity contribution in [1.29, 1.82) is 0 Å². The van der Waals surface area contributed by atoms with E-state index in [2.05, 4.69) is 4.72 Å². The van der Waals surface area contributed by atoms with Crippen LogP contribution in [-0.4, -0.2) is 39.8 Å². The van der Waals surface area contributed by atoms with Crippen molar-refractivity contribution in [3.05, 3.63) is 34.9 Å². The van der Waals surface area contributed by atoms with Crippen LogP contribution in [0.2, 0.25) is 5.02 Å². The molecule has 0 spiro atoms. The molecule has 6 nitrogen and oxygen atoms in total. The minimum Gasteiger partial charge on any atom is -0.478 e. The average molecular weight is 334 g/mol. The monoisotopic (exact) mass is 333 g/mol. The smallest absolute Gasteiger partial charge is 0.328 e. The first kappa shape index (κ1) is 17.6. The van der Waals surface area contributed by atoms with Gasteiger partial charge in [-0.3, -0.25) is 0 Å². The fourth-order valence-corrected chi connectivity index (χ4v) is 3.13. The van der Waals surface area contributed by atoms with Gasteiger partial charge in [0.2, 0.25) is 10.0 Å². The molecule has 0 radical (unpaired) electrons. The number of methoxy groups -OCH3 is 1. The van der Waals surface area contributed by atoms with Crippen LogP contribution in [-0.2, 0) is 19.6 Å². The highest BCUT2D eigenvalue weighted by atomic mass is 35.5. The molecule has 0 aliphatic carbocycles. The molecular weight excluding hydrogens is 318 g/mol. The highest BCUT2D eigenvalue weighted by molar-refractivity contribution is 7.89. The maximum atomic E-state index is 12.0. The Morgan fingerprint density at radius 2 is 2.19 bits per heavy atom. The second kappa shape index (κ2) is 8.14. The number of carboxylic acids is 1. The summed E-state index contributed by atoms with van der Waals surface area (Å²) in [6.45, 7) is 0.697. The van der Waals surface area contributed by atoms with Gasteiger partial charge in [-0.05, 0) is 30.2 Å². The minimum absolute atomic E-state index is 0.0294. The van der Waals surface area contributed by atoms with Crippen LogP contribution in [0.3, 0.4) is 0 Å². The Hall–Kier alpha value is -1.41. The summed E-state index contributed by atoms with van der Waals surface area (Å²) in [7, 11) is -2.16. The van der Waals surface area contributed by atoms with Crippen molar-refractivity contribution in [2.45, 2.75) is 11.3 Å². The molecule has 0 saturated carbocycles. The Balaban J connectivity index is 2.86. The van der Waals surface area contributed by atoms with Crippen molar-refractivity contribution in [3.8, 4) is 0 Å². The average Bonchev–Trinajstić information content (AvgIpc) is 2.41. The van der Waals surface area contributed by atoms with Crippen LogP contribution >= 0.6 is 11.6 Å². The summed E-state index contributed by atoms with van der Waals surface area (Å²) in [6, 6.07) is 4.21. The van der Waals surface area contributed by atoms with E-state index in [-0.39, 0.29) is 16.5 Å². The summed E-state index contributed by atoms with van der Waals surface area (Å²) in [5.41, 5.74) is 0.501. The van der Waals surface area contributed by atoms with E-state index in [0.29, 0.717) is 18.6 Å². The lowest BCUT2D eigenvalue weighted by Gasteiger charge is -2.08. The number of hydrogen-bond donors (Lipinski definition) is 2. The predicted molar refractivity (Wildman–Crippen MR) is 79.8 cm³/mol. The molecule has 21 heavy (non-hydrogen) atoms. The molecule has 0 saturated heterocycles. The zero-order valence-electron chi connectivity index (χ0n) is 11.4. The van der Waals surface area contributed by atoms with Gasteiger partial charge in [-0.15, -0.1) is 0 Å². The molecule has 0 atom stereocenters. The normalized spacial score (nSPS) is 11.9. The van der Waals surface area contributed by atoms with Crippen molar-refractivity contribution >= 4 is 33.7 Å². The summed E-state index contributed by atoms with van der Waals surface area (Å²) < 4.78 is 31.3. The Morgan fingerprint density at radius 1 is 1.48 bits per heavy atom. The zero-order chi connectivity index (χ0) is 15.9. The molecular formula is C13H16ClNO5S. The van der Waals surface area contributed by atoms with E-state index in [9.17, 15) is 13.2 Å². The molecule has 1 aromatic rings. The van der Waals surface area contributed by atoms with Crippen LogP contribution in [0.1, 0.15) is 12.0 Å². The summed E-state index contributed by atoms with van der Waals surface area (Å²) in [5, 5.41) is 8.56. The van der Waals surface area contributed by atoms with Gasteiger partial charge in [0.15, 0.2) is 0 Å². The van der Waals surface area contributed by atoms with Gasteiger partial charge in [0.1, 0.15) is 4.90 Å². The number of hydrogen-bond acceptors (Lipinski definition) is 4. The SMILES string of the molecule is COCCCNS(=O)(=O)c1ccc(C=CC(=O)O)cc1Cl. The molecule has 116 valence electrons. The van der Waals surface area contributed by atoms with Gasteiger partial charge in [-0.1, -0.05) is 17.7 Å². The third kappa shape index (κ3) is 5.84. The van der Waals surface area contributed by atoms with Crippen LogP contribution in [0.25, 0.3) is 6.08 Å². The highest BCUT2D eigenvalue weighted by Gasteiger charge is 2.17. The third-order valence-electron chi connectivity index (χ3n) is 2.48. The van der Waals surface area contributed by atoms with Crippen molar-refractivity contribution in [3.63, 3.8) is 0 Å². The van der Waals surface area contributed by atoms with Crippen molar-refractivity contribution in [2.75, 3.05) is 20.3 Å². The Kier molecular flexibility index (Phi) is 6.83. The third-order valence-corrected chi connectivity index (χ3v) is 4.43. The number of carbonyl (C=O) groups is 1. The van der Waals surface area contributed by atoms with Gasteiger partial charge in [0.25, 0.3) is 0 Å². The first-order valence-electron chi connectivity index (χ1n) is 6.06. The maximum Gasteiger partial charge on any atom is 0.328 e. The summed E-state index contributed by atoms with van der Waals surface area (Å²) >= 11 is 5.94. The molecule has 0 aliphatic heterocycles. The molecule has 2 N–H and O–H groups in total. The second-order valence-corrected chi connectivity index (χ2v) is 6.25. The number of nitrogens with one attached hydrogen (secondary N) is 1. The topological polar surface area (TPSA) is 92.7 Å². The fourth-order valence-electron chi connectivity index (χ4n) is 1.51. The first-order chi connectivity index (χ1) is 9.86. The Morgan fingerprint density at radius 3 is 2.76 bits per heavy atom. The summed E-state index contributed by atoms with van der Waals surface area (Å²) in [4.78, 5) is 10.4. The van der Waals surface area contributed by atoms with Crippen LogP contribution in [0.15, 0.2) is 29.2 Å². The van der Waals surface area contributed by atoms with Crippen LogP contribution in [0.5, 0.6) is 0 Å². The van der Waals surface area contributed by atoms with Gasteiger partial charge >= 0.3 is 5.97 Å². The van der Waals surface area contributed by atoms with E-state index < -0.39 is 16.0 Å². The van der Waals surface area contributed by atoms with E-state index in [0.717, 1.165) is 6.08 Å². The minimum atomic E-state index is -3.70. The second-order valence-electron chi connectivity index (χ2n) is 4.11. The van der Waals surface area contributed by atoms with Gasteiger partial charge < -0.3 is 9.84 Å². The number of carboxylic acid groups (broad SMARTS) is 1. The van der Waals surface area contributed by atoms with Crippen LogP contribution < -0.4 is 4.72 Å². The number of aliphatic carboxylic acids is 1. The first-order valence-corrected chi connectivity index (χ1v) is 7.92. The zero-order valence-corrected chi connectivity index (χ0v) is 12.9. The van der Waals surface area contributed by atoms with Crippen molar-refractivity contribution in [1.82, 2.24) is 4.72 Å². The van der Waals surface area contributed by atoms with Gasteiger partial charge in [0, 0.05) is 26.3 Å². The largest absolute Gasteiger partial charge is 0.478 e. The number of ether oxygens (including phenoxy) is 1. The number of rotatable bonds is 8. The predicted octanol–water partition coefficient (Wildman–Crippen LogP) is 1.75. The van der Waals surface area contributed by atoms with E-state index in [1.807, 2.05) is 0 Å². The van der Waals surface area contributed by atoms with Gasteiger partial charge in [0.05, 0.1) is 5.02 Å². The van der Waals surface area contributed by atoms with Crippen molar-refractivity contribution in [2.24, 2.45) is 0 Å². The lowest BCUT2D eigenvalue weighted by atomic mass is 10.2. The van der Waals surface area contributed by atoms with E-state index >= 15 is 0 Å². The van der Waals surface area contributed by atoms with Crippen LogP contribution in [0.4, 0.5) is 0 Å². The number of sulfonamides is 1. The van der Waals surface area contributed by atoms with Gasteiger partial charge in [-0.25, -0.2) is 17.9 Å². The van der Waals surface area contributed by atoms with E-state index in [1.165, 1.54) is 31.4 Å². The molecule has 0 heterocycles. The van der Waals surface area contributed by atoms with Crippen molar-refractivity contribution < 1.29 is 23.1 Å². The van der Waals surface area contributed by atoms with E-state index in [4.69, 9.17) is 21.4 Å². The molecule has 1 aromatic carbocycles. The molecule has 0 unspecified atom stereocenters. The summed E-state index contributed by atoms with van der Waals surface area (Å²) in [5.74, 6) is -1.09. The molecule has 1 rings (SSSR count). The number of halogens is 1. The fraction of sp³-hybridized carbons (Fsp3) is 0.308. The van der Waals surface area contributed by atoms with Gasteiger partial charge in [-0.2, -0.15) is 0 Å². The standard InChI is InChI=1S/C13H16ClNO5S/c1-20-8-2-7-15-21(18,19)12-5-3-10(9-11(12)14)4-6-13(16)17/h3-6,9,15H,2,7-8H2,1H3,(H,16,17). The molecule has 0 aliphatic rings. The number of benzene rings is 1. The van der Waals surface area contributed by atoms with Crippen LogP contribution in [0, 0.1) is 0 Å². The molecule has 0 aromatic heterocycles. The Labute approximate surface area is 128 Å². The lowest BCUT2D eigenvalue weighted by molar-refractivity contribution is -0.131. The lowest BCUT2D eigenvalue weighted by Crippen LogP contribution is -2.25. The summed E-state index contributed by atoms with van der Waals surface area (Å²) in [6.07, 6.45) is 2.83. The molecule has 0 bridgehead atoms. The molecule has 0 fully saturated rings. The quantitative estimate of drug-likeness (QED) is 0.558. The highest BCUT2D eigenvalue weighted by Crippen LogP contribution is 2.23. The van der Waals surface area contributed by atoms with E-state index in [1.54, 1.807) is 0 Å². The molecule has 0 amide bonds. The Bertz CT molecular complexity index is 627.